The lowest BCUT2D eigenvalue weighted by atomic mass is 10.1. The van der Waals surface area contributed by atoms with E-state index in [2.05, 4.69) is 10.1 Å². The van der Waals surface area contributed by atoms with E-state index < -0.39 is 18.0 Å². The van der Waals surface area contributed by atoms with Crippen LogP contribution in [0.5, 0.6) is 5.75 Å². The summed E-state index contributed by atoms with van der Waals surface area (Å²) in [5, 5.41) is 11.7. The molecule has 1 unspecified atom stereocenters. The first-order valence-electron chi connectivity index (χ1n) is 6.16. The smallest absolute Gasteiger partial charge is 0.336 e. The summed E-state index contributed by atoms with van der Waals surface area (Å²) in [7, 11) is 1.16. The van der Waals surface area contributed by atoms with Crippen molar-refractivity contribution >= 4 is 11.9 Å². The molecule has 6 nitrogen and oxygen atoms in total. The molecule has 0 aliphatic rings. The number of nitrogens with one attached hydrogen (secondary N) is 1. The van der Waals surface area contributed by atoms with Crippen LogP contribution in [0.4, 0.5) is 0 Å². The number of aryl methyl sites for hydroxylation is 2. The predicted molar refractivity (Wildman–Crippen MR) is 72.4 cm³/mol. The van der Waals surface area contributed by atoms with Gasteiger partial charge < -0.3 is 19.9 Å². The van der Waals surface area contributed by atoms with Crippen molar-refractivity contribution in [1.29, 1.82) is 0 Å². The number of hydrogen-bond donors (Lipinski definition) is 2. The van der Waals surface area contributed by atoms with Crippen LogP contribution in [-0.4, -0.2) is 43.3 Å². The number of hydrogen-bond acceptors (Lipinski definition) is 5. The SMILES string of the molecule is COC(=O)C(O)CNC(=O)COc1ccc(C)cc1C. The Bertz CT molecular complexity index is 486. The highest BCUT2D eigenvalue weighted by molar-refractivity contribution is 5.79. The maximum absolute atomic E-state index is 11.5. The molecule has 2 N–H and O–H groups in total. The Balaban J connectivity index is 2.38. The highest BCUT2D eigenvalue weighted by Gasteiger charge is 2.16. The van der Waals surface area contributed by atoms with Gasteiger partial charge in [0, 0.05) is 0 Å². The normalized spacial score (nSPS) is 11.6. The summed E-state index contributed by atoms with van der Waals surface area (Å²) in [6.45, 7) is 3.47. The Morgan fingerprint density at radius 1 is 1.35 bits per heavy atom. The average Bonchev–Trinajstić information content (AvgIpc) is 2.42. The van der Waals surface area contributed by atoms with Gasteiger partial charge in [-0.25, -0.2) is 4.79 Å². The quantitative estimate of drug-likeness (QED) is 0.734. The fraction of sp³-hybridized carbons (Fsp3) is 0.429. The number of aliphatic hydroxyl groups excluding tert-OH is 1. The van der Waals surface area contributed by atoms with E-state index in [1.165, 1.54) is 0 Å². The van der Waals surface area contributed by atoms with Crippen molar-refractivity contribution in [1.82, 2.24) is 5.32 Å². The lowest BCUT2D eigenvalue weighted by molar-refractivity contribution is -0.150. The number of esters is 1. The number of aliphatic hydroxyl groups is 1. The fourth-order valence-corrected chi connectivity index (χ4v) is 1.59. The van der Waals surface area contributed by atoms with Crippen molar-refractivity contribution in [2.24, 2.45) is 0 Å². The van der Waals surface area contributed by atoms with Crippen LogP contribution in [0, 0.1) is 13.8 Å². The van der Waals surface area contributed by atoms with E-state index in [4.69, 9.17) is 4.74 Å². The maximum Gasteiger partial charge on any atom is 0.336 e. The van der Waals surface area contributed by atoms with Crippen LogP contribution in [-0.2, 0) is 14.3 Å². The standard InChI is InChI=1S/C14H19NO5/c1-9-4-5-12(10(2)6-9)20-8-13(17)15-7-11(16)14(18)19-3/h4-6,11,16H,7-8H2,1-3H3,(H,15,17). The molecule has 1 atom stereocenters. The van der Waals surface area contributed by atoms with E-state index in [9.17, 15) is 14.7 Å². The van der Waals surface area contributed by atoms with Gasteiger partial charge in [0.1, 0.15) is 5.75 Å². The summed E-state index contributed by atoms with van der Waals surface area (Å²) in [5.74, 6) is -0.590. The van der Waals surface area contributed by atoms with Crippen molar-refractivity contribution in [2.75, 3.05) is 20.3 Å². The molecule has 0 saturated heterocycles. The van der Waals surface area contributed by atoms with Gasteiger partial charge >= 0.3 is 5.97 Å². The number of rotatable bonds is 6. The van der Waals surface area contributed by atoms with Crippen LogP contribution in [0.2, 0.25) is 0 Å². The molecule has 0 fully saturated rings. The molecule has 1 amide bonds. The summed E-state index contributed by atoms with van der Waals surface area (Å²) in [4.78, 5) is 22.4. The molecule has 0 aliphatic heterocycles. The Hall–Kier alpha value is -2.08. The van der Waals surface area contributed by atoms with Gasteiger partial charge in [0.05, 0.1) is 13.7 Å². The van der Waals surface area contributed by atoms with Gasteiger partial charge in [0.15, 0.2) is 12.7 Å². The zero-order chi connectivity index (χ0) is 15.1. The molecule has 0 spiro atoms. The average molecular weight is 281 g/mol. The monoisotopic (exact) mass is 281 g/mol. The van der Waals surface area contributed by atoms with Gasteiger partial charge in [-0.2, -0.15) is 0 Å². The summed E-state index contributed by atoms with van der Waals surface area (Å²) < 4.78 is 9.69. The van der Waals surface area contributed by atoms with Crippen molar-refractivity contribution in [3.05, 3.63) is 29.3 Å². The minimum atomic E-state index is -1.37. The second kappa shape index (κ2) is 7.49. The van der Waals surface area contributed by atoms with Crippen molar-refractivity contribution in [3.63, 3.8) is 0 Å². The maximum atomic E-state index is 11.5. The van der Waals surface area contributed by atoms with Gasteiger partial charge in [-0.15, -0.1) is 0 Å². The molecule has 1 aromatic carbocycles. The van der Waals surface area contributed by atoms with Crippen LogP contribution in [0.15, 0.2) is 18.2 Å². The number of amides is 1. The highest BCUT2D eigenvalue weighted by atomic mass is 16.5. The first kappa shape index (κ1) is 16.0. The van der Waals surface area contributed by atoms with E-state index in [1.807, 2.05) is 26.0 Å². The number of methoxy groups -OCH3 is 1. The molecule has 0 aliphatic carbocycles. The van der Waals surface area contributed by atoms with E-state index in [0.29, 0.717) is 5.75 Å². The Kier molecular flexibility index (Phi) is 5.99. The van der Waals surface area contributed by atoms with E-state index in [0.717, 1.165) is 18.2 Å². The first-order valence-corrected chi connectivity index (χ1v) is 6.16. The van der Waals surface area contributed by atoms with Crippen LogP contribution in [0.25, 0.3) is 0 Å². The molecule has 20 heavy (non-hydrogen) atoms. The largest absolute Gasteiger partial charge is 0.484 e. The lowest BCUT2D eigenvalue weighted by Gasteiger charge is -2.11. The molecule has 6 heteroatoms. The van der Waals surface area contributed by atoms with Crippen LogP contribution in [0.1, 0.15) is 11.1 Å². The van der Waals surface area contributed by atoms with Gasteiger partial charge in [-0.1, -0.05) is 17.7 Å². The van der Waals surface area contributed by atoms with Crippen LogP contribution >= 0.6 is 0 Å². The third-order valence-electron chi connectivity index (χ3n) is 2.66. The third kappa shape index (κ3) is 4.89. The molecule has 1 aromatic rings. The van der Waals surface area contributed by atoms with Gasteiger partial charge in [-0.05, 0) is 25.5 Å². The van der Waals surface area contributed by atoms with E-state index in [1.54, 1.807) is 6.07 Å². The molecular formula is C14H19NO5. The summed E-state index contributed by atoms with van der Waals surface area (Å²) in [6.07, 6.45) is -1.37. The summed E-state index contributed by atoms with van der Waals surface area (Å²) in [6, 6.07) is 5.64. The Labute approximate surface area is 117 Å². The molecule has 0 aromatic heterocycles. The molecule has 1 rings (SSSR count). The number of carbonyl (C=O) groups is 2. The number of ether oxygens (including phenoxy) is 2. The van der Waals surface area contributed by atoms with Gasteiger partial charge in [0.25, 0.3) is 5.91 Å². The third-order valence-corrected chi connectivity index (χ3v) is 2.66. The number of carbonyl (C=O) groups excluding carboxylic acids is 2. The Morgan fingerprint density at radius 3 is 2.65 bits per heavy atom. The molecule has 0 radical (unpaired) electrons. The van der Waals surface area contributed by atoms with Crippen molar-refractivity contribution in [3.8, 4) is 5.75 Å². The zero-order valence-electron chi connectivity index (χ0n) is 11.8. The minimum Gasteiger partial charge on any atom is -0.484 e. The predicted octanol–water partition coefficient (Wildman–Crippen LogP) is 0.332. The van der Waals surface area contributed by atoms with Crippen molar-refractivity contribution < 1.29 is 24.2 Å². The van der Waals surface area contributed by atoms with Gasteiger partial charge in [0.2, 0.25) is 0 Å². The second-order valence-corrected chi connectivity index (χ2v) is 4.40. The molecule has 110 valence electrons. The van der Waals surface area contributed by atoms with Crippen LogP contribution < -0.4 is 10.1 Å². The second-order valence-electron chi connectivity index (χ2n) is 4.40. The molecular weight excluding hydrogens is 262 g/mol. The number of benzene rings is 1. The van der Waals surface area contributed by atoms with Crippen LogP contribution in [0.3, 0.4) is 0 Å². The summed E-state index contributed by atoms with van der Waals surface area (Å²) >= 11 is 0. The fourth-order valence-electron chi connectivity index (χ4n) is 1.59. The molecule has 0 saturated carbocycles. The zero-order valence-corrected chi connectivity index (χ0v) is 11.8. The topological polar surface area (TPSA) is 84.9 Å². The van der Waals surface area contributed by atoms with E-state index in [-0.39, 0.29) is 13.2 Å². The van der Waals surface area contributed by atoms with Crippen molar-refractivity contribution in [2.45, 2.75) is 20.0 Å². The minimum absolute atomic E-state index is 0.183. The molecule has 0 bridgehead atoms. The van der Waals surface area contributed by atoms with Gasteiger partial charge in [-0.3, -0.25) is 4.79 Å². The van der Waals surface area contributed by atoms with E-state index >= 15 is 0 Å². The highest BCUT2D eigenvalue weighted by Crippen LogP contribution is 2.18. The molecule has 0 heterocycles. The lowest BCUT2D eigenvalue weighted by Crippen LogP contribution is -2.39. The summed E-state index contributed by atoms with van der Waals surface area (Å²) in [5.41, 5.74) is 2.05. The first-order chi connectivity index (χ1) is 9.43. The Morgan fingerprint density at radius 2 is 2.05 bits per heavy atom.